The van der Waals surface area contributed by atoms with Gasteiger partial charge in [-0.2, -0.15) is 26.3 Å². The molecule has 156 valence electrons. The minimum Gasteiger partial charge on any atom is -0.378 e. The number of morpholine rings is 1. The number of nitrogens with zero attached hydrogens (tertiary/aromatic N) is 1. The molecule has 1 aromatic rings. The summed E-state index contributed by atoms with van der Waals surface area (Å²) in [5.74, 6) is -1.37. The van der Waals surface area contributed by atoms with E-state index >= 15 is 0 Å². The summed E-state index contributed by atoms with van der Waals surface area (Å²) in [4.78, 5) is 25.3. The van der Waals surface area contributed by atoms with Crippen LogP contribution in [0, 0.1) is 0 Å². The molecule has 0 radical (unpaired) electrons. The molecule has 5 nitrogen and oxygen atoms in total. The number of hydrogen-bond donors (Lipinski definition) is 1. The highest BCUT2D eigenvalue weighted by atomic mass is 32.2. The second-order valence-electron chi connectivity index (χ2n) is 5.83. The first-order valence-electron chi connectivity index (χ1n) is 7.99. The van der Waals surface area contributed by atoms with Gasteiger partial charge in [-0.1, -0.05) is 0 Å². The molecule has 0 atom stereocenters. The number of carbonyl (C=O) groups excluding carboxylic acids is 2. The van der Waals surface area contributed by atoms with Gasteiger partial charge in [-0.05, 0) is 18.2 Å². The Morgan fingerprint density at radius 2 is 1.50 bits per heavy atom. The van der Waals surface area contributed by atoms with Crippen molar-refractivity contribution >= 4 is 29.3 Å². The van der Waals surface area contributed by atoms with Gasteiger partial charge in [-0.15, -0.1) is 11.8 Å². The molecule has 1 aliphatic rings. The maximum Gasteiger partial charge on any atom is 0.416 e. The normalized spacial score (nSPS) is 15.4. The van der Waals surface area contributed by atoms with Gasteiger partial charge in [0.1, 0.15) is 0 Å². The molecule has 1 heterocycles. The average molecular weight is 430 g/mol. The lowest BCUT2D eigenvalue weighted by Gasteiger charge is -2.26. The standard InChI is InChI=1S/C16H16F6N2O3S/c17-15(18,19)10-5-11(16(20,21)22)7-12(6-10)23-13(25)8-28-9-14(26)24-1-3-27-4-2-24/h5-7H,1-4,8-9H2,(H,23,25). The third-order valence-corrected chi connectivity index (χ3v) is 4.61. The fourth-order valence-corrected chi connectivity index (χ4v) is 3.08. The molecule has 0 spiro atoms. The van der Waals surface area contributed by atoms with Crippen molar-refractivity contribution in [3.63, 3.8) is 0 Å². The zero-order chi connectivity index (χ0) is 20.9. The number of rotatable bonds is 5. The van der Waals surface area contributed by atoms with Crippen molar-refractivity contribution in [2.24, 2.45) is 0 Å². The van der Waals surface area contributed by atoms with Crippen molar-refractivity contribution in [3.8, 4) is 0 Å². The van der Waals surface area contributed by atoms with Crippen molar-refractivity contribution in [1.29, 1.82) is 0 Å². The first-order chi connectivity index (χ1) is 13.0. The molecule has 1 aromatic carbocycles. The van der Waals surface area contributed by atoms with Gasteiger partial charge in [0.15, 0.2) is 0 Å². The molecule has 1 fully saturated rings. The second kappa shape index (κ2) is 9.03. The van der Waals surface area contributed by atoms with Crippen LogP contribution < -0.4 is 5.32 Å². The van der Waals surface area contributed by atoms with Crippen LogP contribution in [-0.4, -0.2) is 54.5 Å². The molecule has 0 bridgehead atoms. The summed E-state index contributed by atoms with van der Waals surface area (Å²) in [6, 6.07) is 0.832. The lowest BCUT2D eigenvalue weighted by atomic mass is 10.1. The first-order valence-corrected chi connectivity index (χ1v) is 9.15. The summed E-state index contributed by atoms with van der Waals surface area (Å²) in [7, 11) is 0. The van der Waals surface area contributed by atoms with Crippen LogP contribution in [0.4, 0.5) is 32.0 Å². The number of amides is 2. The van der Waals surface area contributed by atoms with Gasteiger partial charge < -0.3 is 15.0 Å². The van der Waals surface area contributed by atoms with Crippen LogP contribution in [0.3, 0.4) is 0 Å². The Labute approximate surface area is 160 Å². The van der Waals surface area contributed by atoms with E-state index in [9.17, 15) is 35.9 Å². The van der Waals surface area contributed by atoms with E-state index in [1.54, 1.807) is 4.90 Å². The van der Waals surface area contributed by atoms with Crippen LogP contribution in [0.1, 0.15) is 11.1 Å². The number of thioether (sulfide) groups is 1. The Hall–Kier alpha value is -1.95. The maximum absolute atomic E-state index is 12.8. The van der Waals surface area contributed by atoms with E-state index in [0.29, 0.717) is 38.4 Å². The number of alkyl halides is 6. The number of benzene rings is 1. The third kappa shape index (κ3) is 6.59. The van der Waals surface area contributed by atoms with Crippen molar-refractivity contribution < 1.29 is 40.7 Å². The topological polar surface area (TPSA) is 58.6 Å². The van der Waals surface area contributed by atoms with Gasteiger partial charge in [0, 0.05) is 18.8 Å². The molecule has 28 heavy (non-hydrogen) atoms. The van der Waals surface area contributed by atoms with E-state index in [2.05, 4.69) is 0 Å². The van der Waals surface area contributed by atoms with Crippen molar-refractivity contribution in [1.82, 2.24) is 4.90 Å². The summed E-state index contributed by atoms with van der Waals surface area (Å²) in [5, 5.41) is 2.02. The molecule has 1 saturated heterocycles. The van der Waals surface area contributed by atoms with Gasteiger partial charge in [-0.25, -0.2) is 0 Å². The van der Waals surface area contributed by atoms with E-state index in [1.807, 2.05) is 5.32 Å². The van der Waals surface area contributed by atoms with Gasteiger partial charge in [0.05, 0.1) is 35.8 Å². The largest absolute Gasteiger partial charge is 0.416 e. The smallest absolute Gasteiger partial charge is 0.378 e. The number of nitrogens with one attached hydrogen (secondary N) is 1. The number of halogens is 6. The summed E-state index contributed by atoms with van der Waals surface area (Å²) in [6.07, 6.45) is -10.00. The third-order valence-electron chi connectivity index (χ3n) is 3.69. The summed E-state index contributed by atoms with van der Waals surface area (Å²) >= 11 is 0.913. The molecule has 1 N–H and O–H groups in total. The predicted molar refractivity (Wildman–Crippen MR) is 89.8 cm³/mol. The van der Waals surface area contributed by atoms with Crippen LogP contribution in [0.15, 0.2) is 18.2 Å². The highest BCUT2D eigenvalue weighted by molar-refractivity contribution is 8.00. The predicted octanol–water partition coefficient (Wildman–Crippen LogP) is 3.25. The van der Waals surface area contributed by atoms with Gasteiger partial charge >= 0.3 is 12.4 Å². The highest BCUT2D eigenvalue weighted by Gasteiger charge is 2.37. The van der Waals surface area contributed by atoms with E-state index in [0.717, 1.165) is 11.8 Å². The second-order valence-corrected chi connectivity index (χ2v) is 6.81. The Morgan fingerprint density at radius 1 is 0.964 bits per heavy atom. The number of carbonyl (C=O) groups is 2. The zero-order valence-corrected chi connectivity index (χ0v) is 15.1. The Bertz CT molecular complexity index is 685. The summed E-state index contributed by atoms with van der Waals surface area (Å²) in [5.41, 5.74) is -3.66. The van der Waals surface area contributed by atoms with Crippen molar-refractivity contribution in [3.05, 3.63) is 29.3 Å². The van der Waals surface area contributed by atoms with Crippen LogP contribution in [-0.2, 0) is 26.7 Å². The summed E-state index contributed by atoms with van der Waals surface area (Å²) in [6.45, 7) is 1.67. The van der Waals surface area contributed by atoms with E-state index in [4.69, 9.17) is 4.74 Å². The molecule has 0 aliphatic carbocycles. The number of anilines is 1. The van der Waals surface area contributed by atoms with Crippen LogP contribution >= 0.6 is 11.8 Å². The molecular weight excluding hydrogens is 414 g/mol. The van der Waals surface area contributed by atoms with Crippen LogP contribution in [0.25, 0.3) is 0 Å². The fourth-order valence-electron chi connectivity index (χ4n) is 2.36. The molecule has 0 aromatic heterocycles. The molecule has 12 heteroatoms. The lowest BCUT2D eigenvalue weighted by molar-refractivity contribution is -0.143. The number of ether oxygens (including phenoxy) is 1. The fraction of sp³-hybridized carbons (Fsp3) is 0.500. The van der Waals surface area contributed by atoms with Crippen molar-refractivity contribution in [2.45, 2.75) is 12.4 Å². The van der Waals surface area contributed by atoms with Crippen molar-refractivity contribution in [2.75, 3.05) is 43.1 Å². The average Bonchev–Trinajstić information content (AvgIpc) is 2.60. The molecular formula is C16H16F6N2O3S. The van der Waals surface area contributed by atoms with E-state index in [-0.39, 0.29) is 23.5 Å². The van der Waals surface area contributed by atoms with E-state index in [1.165, 1.54) is 0 Å². The van der Waals surface area contributed by atoms with Gasteiger partial charge in [-0.3, -0.25) is 9.59 Å². The molecule has 2 rings (SSSR count). The Balaban J connectivity index is 1.96. The minimum absolute atomic E-state index is 0.0224. The molecule has 0 saturated carbocycles. The minimum atomic E-state index is -5.00. The van der Waals surface area contributed by atoms with Gasteiger partial charge in [0.2, 0.25) is 11.8 Å². The molecule has 0 unspecified atom stereocenters. The quantitative estimate of drug-likeness (QED) is 0.729. The first kappa shape index (κ1) is 22.3. The lowest BCUT2D eigenvalue weighted by Crippen LogP contribution is -2.41. The van der Waals surface area contributed by atoms with Crippen LogP contribution in [0.2, 0.25) is 0 Å². The number of hydrogen-bond acceptors (Lipinski definition) is 4. The van der Waals surface area contributed by atoms with E-state index < -0.39 is 35.1 Å². The van der Waals surface area contributed by atoms with Gasteiger partial charge in [0.25, 0.3) is 0 Å². The Kier molecular flexibility index (Phi) is 7.21. The molecule has 1 aliphatic heterocycles. The Morgan fingerprint density at radius 3 is 2.00 bits per heavy atom. The maximum atomic E-state index is 12.8. The monoisotopic (exact) mass is 430 g/mol. The SMILES string of the molecule is O=C(CSCC(=O)N1CCOCC1)Nc1cc(C(F)(F)F)cc(C(F)(F)F)c1. The molecule has 2 amide bonds. The summed E-state index contributed by atoms with van der Waals surface area (Å²) < 4.78 is 81.9. The highest BCUT2D eigenvalue weighted by Crippen LogP contribution is 2.37. The zero-order valence-electron chi connectivity index (χ0n) is 14.3. The van der Waals surface area contributed by atoms with Crippen LogP contribution in [0.5, 0.6) is 0 Å².